The predicted molar refractivity (Wildman–Crippen MR) is 115 cm³/mol. The van der Waals surface area contributed by atoms with Gasteiger partial charge in [0.25, 0.3) is 5.56 Å². The number of aromatic nitrogens is 2. The van der Waals surface area contributed by atoms with E-state index >= 15 is 0 Å². The van der Waals surface area contributed by atoms with Gasteiger partial charge in [-0.3, -0.25) is 9.36 Å². The third-order valence-corrected chi connectivity index (χ3v) is 5.67. The molecule has 2 heterocycles. The topological polar surface area (TPSA) is 64.4 Å². The summed E-state index contributed by atoms with van der Waals surface area (Å²) in [6.45, 7) is 0.190. The Morgan fingerprint density at radius 2 is 2.00 bits per heavy atom. The Morgan fingerprint density at radius 1 is 1.18 bits per heavy atom. The van der Waals surface area contributed by atoms with E-state index in [-0.39, 0.29) is 18.7 Å². The summed E-state index contributed by atoms with van der Waals surface area (Å²) in [7, 11) is 0. The van der Waals surface area contributed by atoms with E-state index in [1.807, 2.05) is 60.0 Å². The number of hydrogen-bond acceptors (Lipinski definition) is 5. The summed E-state index contributed by atoms with van der Waals surface area (Å²) in [6, 6.07) is 17.2. The summed E-state index contributed by atoms with van der Waals surface area (Å²) in [4.78, 5) is 18.1. The zero-order chi connectivity index (χ0) is 19.5. The highest BCUT2D eigenvalue weighted by Gasteiger charge is 2.15. The van der Waals surface area contributed by atoms with Gasteiger partial charge in [0.15, 0.2) is 0 Å². The molecule has 0 radical (unpaired) electrons. The highest BCUT2D eigenvalue weighted by atomic mass is 79.9. The molecule has 4 aromatic rings. The Morgan fingerprint density at radius 3 is 2.79 bits per heavy atom. The number of benzene rings is 2. The number of rotatable bonds is 6. The van der Waals surface area contributed by atoms with Crippen LogP contribution >= 0.6 is 27.3 Å². The minimum absolute atomic E-state index is 0.0795. The fourth-order valence-corrected chi connectivity index (χ4v) is 4.24. The van der Waals surface area contributed by atoms with Crippen molar-refractivity contribution < 1.29 is 9.84 Å². The molecule has 0 aliphatic carbocycles. The Labute approximate surface area is 174 Å². The smallest absolute Gasteiger partial charge is 0.262 e. The maximum absolute atomic E-state index is 13.0. The first-order valence-electron chi connectivity index (χ1n) is 8.70. The number of fused-ring (bicyclic) bond motifs is 1. The summed E-state index contributed by atoms with van der Waals surface area (Å²) in [5, 5.41) is 12.9. The number of aliphatic hydroxyl groups is 1. The van der Waals surface area contributed by atoms with Gasteiger partial charge in [-0.25, -0.2) is 4.98 Å². The van der Waals surface area contributed by atoms with Crippen molar-refractivity contribution in [3.05, 3.63) is 81.1 Å². The molecule has 28 heavy (non-hydrogen) atoms. The van der Waals surface area contributed by atoms with Crippen molar-refractivity contribution in [3.8, 4) is 16.9 Å². The molecule has 0 aliphatic heterocycles. The van der Waals surface area contributed by atoms with Gasteiger partial charge in [-0.1, -0.05) is 52.3 Å². The van der Waals surface area contributed by atoms with E-state index in [1.54, 1.807) is 0 Å². The number of thiophene rings is 1. The van der Waals surface area contributed by atoms with Gasteiger partial charge in [-0.05, 0) is 23.8 Å². The van der Waals surface area contributed by atoms with Gasteiger partial charge < -0.3 is 9.84 Å². The number of halogens is 1. The predicted octanol–water partition coefficient (Wildman–Crippen LogP) is 4.33. The van der Waals surface area contributed by atoms with Crippen molar-refractivity contribution in [1.82, 2.24) is 9.55 Å². The lowest BCUT2D eigenvalue weighted by Crippen LogP contribution is -2.30. The van der Waals surface area contributed by atoms with Gasteiger partial charge in [0.1, 0.15) is 23.3 Å². The van der Waals surface area contributed by atoms with Crippen LogP contribution in [0, 0.1) is 0 Å². The molecular formula is C21H17BrN2O3S. The second-order valence-electron chi connectivity index (χ2n) is 6.32. The molecule has 1 N–H and O–H groups in total. The number of aliphatic hydroxyl groups excluding tert-OH is 1. The minimum Gasteiger partial charge on any atom is -0.491 e. The average Bonchev–Trinajstić information content (AvgIpc) is 3.14. The van der Waals surface area contributed by atoms with E-state index in [9.17, 15) is 9.90 Å². The zero-order valence-electron chi connectivity index (χ0n) is 14.8. The van der Waals surface area contributed by atoms with Crippen molar-refractivity contribution in [2.24, 2.45) is 0 Å². The number of ether oxygens (including phenoxy) is 1. The van der Waals surface area contributed by atoms with Crippen LogP contribution in [0.15, 0.2) is 75.6 Å². The van der Waals surface area contributed by atoms with E-state index < -0.39 is 6.10 Å². The summed E-state index contributed by atoms with van der Waals surface area (Å²) >= 11 is 4.83. The first kappa shape index (κ1) is 18.9. The number of hydrogen-bond donors (Lipinski definition) is 1. The first-order valence-corrected chi connectivity index (χ1v) is 10.4. The third kappa shape index (κ3) is 4.01. The normalized spacial score (nSPS) is 12.2. The zero-order valence-corrected chi connectivity index (χ0v) is 17.2. The Balaban J connectivity index is 1.55. The van der Waals surface area contributed by atoms with Crippen molar-refractivity contribution in [1.29, 1.82) is 0 Å². The third-order valence-electron chi connectivity index (χ3n) is 4.29. The van der Waals surface area contributed by atoms with Gasteiger partial charge >= 0.3 is 0 Å². The lowest BCUT2D eigenvalue weighted by atomic mass is 10.1. The molecule has 0 fully saturated rings. The van der Waals surface area contributed by atoms with E-state index in [2.05, 4.69) is 20.9 Å². The van der Waals surface area contributed by atoms with Crippen LogP contribution in [0.1, 0.15) is 0 Å². The molecule has 7 heteroatoms. The number of nitrogens with zero attached hydrogens (tertiary/aromatic N) is 2. The molecular weight excluding hydrogens is 440 g/mol. The lowest BCUT2D eigenvalue weighted by Gasteiger charge is -2.14. The molecule has 2 aromatic heterocycles. The van der Waals surface area contributed by atoms with Crippen molar-refractivity contribution in [3.63, 3.8) is 0 Å². The maximum atomic E-state index is 13.0. The second kappa shape index (κ2) is 8.26. The highest BCUT2D eigenvalue weighted by Crippen LogP contribution is 2.30. The van der Waals surface area contributed by atoms with Crippen LogP contribution in [0.4, 0.5) is 0 Å². The van der Waals surface area contributed by atoms with Crippen LogP contribution in [0.5, 0.6) is 5.75 Å². The molecule has 2 aromatic carbocycles. The van der Waals surface area contributed by atoms with Gasteiger partial charge in [0.05, 0.1) is 18.3 Å². The maximum Gasteiger partial charge on any atom is 0.262 e. The molecule has 4 rings (SSSR count). The monoisotopic (exact) mass is 456 g/mol. The van der Waals surface area contributed by atoms with Crippen LogP contribution in [0.2, 0.25) is 0 Å². The molecule has 0 amide bonds. The fourth-order valence-electron chi connectivity index (χ4n) is 2.96. The Bertz CT molecular complexity index is 1160. The van der Waals surface area contributed by atoms with E-state index in [0.717, 1.165) is 15.6 Å². The van der Waals surface area contributed by atoms with Gasteiger partial charge in [-0.2, -0.15) is 0 Å². The average molecular weight is 457 g/mol. The van der Waals surface area contributed by atoms with Gasteiger partial charge in [0, 0.05) is 15.4 Å². The molecule has 0 spiro atoms. The first-order chi connectivity index (χ1) is 13.6. The van der Waals surface area contributed by atoms with Crippen LogP contribution < -0.4 is 10.3 Å². The van der Waals surface area contributed by atoms with Crippen molar-refractivity contribution in [2.75, 3.05) is 6.61 Å². The second-order valence-corrected chi connectivity index (χ2v) is 8.09. The van der Waals surface area contributed by atoms with Gasteiger partial charge in [-0.15, -0.1) is 11.3 Å². The lowest BCUT2D eigenvalue weighted by molar-refractivity contribution is 0.0914. The summed E-state index contributed by atoms with van der Waals surface area (Å²) in [6.07, 6.45) is 0.646. The molecule has 0 saturated carbocycles. The molecule has 1 atom stereocenters. The molecule has 142 valence electrons. The summed E-state index contributed by atoms with van der Waals surface area (Å²) < 4.78 is 7.95. The van der Waals surface area contributed by atoms with E-state index in [0.29, 0.717) is 16.0 Å². The molecule has 0 saturated heterocycles. The molecule has 1 unspecified atom stereocenters. The van der Waals surface area contributed by atoms with Crippen molar-refractivity contribution >= 4 is 37.5 Å². The molecule has 5 nitrogen and oxygen atoms in total. The Hall–Kier alpha value is -2.48. The quantitative estimate of drug-likeness (QED) is 0.468. The SMILES string of the molecule is O=c1c2c(-c3ccccc3)csc2ncn1CC(O)COc1cccc(Br)c1. The van der Waals surface area contributed by atoms with E-state index in [4.69, 9.17) is 4.74 Å². The molecule has 0 bridgehead atoms. The Kier molecular flexibility index (Phi) is 5.57. The molecule has 0 aliphatic rings. The largest absolute Gasteiger partial charge is 0.491 e. The summed E-state index contributed by atoms with van der Waals surface area (Å²) in [5.41, 5.74) is 1.68. The van der Waals surface area contributed by atoms with Crippen molar-refractivity contribution in [2.45, 2.75) is 12.6 Å². The van der Waals surface area contributed by atoms with Crippen LogP contribution in [-0.4, -0.2) is 27.4 Å². The van der Waals surface area contributed by atoms with Crippen LogP contribution in [0.25, 0.3) is 21.3 Å². The minimum atomic E-state index is -0.838. The fraction of sp³-hybridized carbons (Fsp3) is 0.143. The standard InChI is InChI=1S/C21H17BrN2O3S/c22-15-7-4-8-17(9-15)27-11-16(25)10-24-13-23-20-19(21(24)26)18(12-28-20)14-5-2-1-3-6-14/h1-9,12-13,16,25H,10-11H2. The van der Waals surface area contributed by atoms with Crippen LogP contribution in [0.3, 0.4) is 0 Å². The van der Waals surface area contributed by atoms with Gasteiger partial charge in [0.2, 0.25) is 0 Å². The van der Waals surface area contributed by atoms with E-state index in [1.165, 1.54) is 22.2 Å². The van der Waals surface area contributed by atoms with Crippen LogP contribution in [-0.2, 0) is 6.54 Å². The summed E-state index contributed by atoms with van der Waals surface area (Å²) in [5.74, 6) is 0.651. The highest BCUT2D eigenvalue weighted by molar-refractivity contribution is 9.10.